The molecule has 1 aliphatic rings. The quantitative estimate of drug-likeness (QED) is 0.417. The first-order valence-corrected chi connectivity index (χ1v) is 12.7. The number of aliphatic carboxylic acids is 1. The molecule has 7 heteroatoms. The number of nitrogens with zero attached hydrogens (tertiary/aromatic N) is 2. The second-order valence-electron chi connectivity index (χ2n) is 9.74. The molecule has 37 heavy (non-hydrogen) atoms. The van der Waals surface area contributed by atoms with E-state index < -0.39 is 24.3 Å². The van der Waals surface area contributed by atoms with Crippen LogP contribution in [-0.2, 0) is 9.59 Å². The van der Waals surface area contributed by atoms with Crippen LogP contribution in [-0.4, -0.2) is 40.7 Å². The number of Topliss-reactive ketones (excluding diaryl/α,β-unsaturated/α-hetero) is 1. The van der Waals surface area contributed by atoms with E-state index in [9.17, 15) is 24.2 Å². The van der Waals surface area contributed by atoms with Crippen molar-refractivity contribution in [2.24, 2.45) is 0 Å². The molecule has 1 fully saturated rings. The predicted octanol–water partition coefficient (Wildman–Crippen LogP) is 4.29. The molecule has 1 aliphatic heterocycles. The third kappa shape index (κ3) is 6.00. The van der Waals surface area contributed by atoms with Crippen LogP contribution in [0.4, 0.5) is 4.39 Å². The number of halogens is 1. The molecule has 2 aromatic carbocycles. The smallest absolute Gasteiger partial charge is 0.141 e. The number of aliphatic hydroxyl groups is 1. The zero-order chi connectivity index (χ0) is 26.5. The van der Waals surface area contributed by atoms with Crippen LogP contribution in [0.1, 0.15) is 56.7 Å². The number of carbonyl (C=O) groups is 2. The van der Waals surface area contributed by atoms with E-state index in [1.165, 1.54) is 18.2 Å². The number of hydrogen-bond donors (Lipinski definition) is 1. The van der Waals surface area contributed by atoms with Gasteiger partial charge in [0.05, 0.1) is 17.5 Å². The number of carboxylic acid groups (broad SMARTS) is 1. The first-order valence-electron chi connectivity index (χ1n) is 12.7. The monoisotopic (exact) mass is 503 g/mol. The number of ketones is 1. The summed E-state index contributed by atoms with van der Waals surface area (Å²) >= 11 is 0. The van der Waals surface area contributed by atoms with Crippen molar-refractivity contribution in [1.29, 1.82) is 0 Å². The molecule has 0 bridgehead atoms. The maximum absolute atomic E-state index is 13.9. The summed E-state index contributed by atoms with van der Waals surface area (Å²) < 4.78 is 16.2. The topological polar surface area (TPSA) is 85.6 Å². The Bertz CT molecular complexity index is 1270. The molecular weight excluding hydrogens is 471 g/mol. The molecule has 6 nitrogen and oxygen atoms in total. The van der Waals surface area contributed by atoms with Gasteiger partial charge in [0.25, 0.3) is 0 Å². The molecule has 0 radical (unpaired) electrons. The van der Waals surface area contributed by atoms with Gasteiger partial charge in [0, 0.05) is 48.6 Å². The summed E-state index contributed by atoms with van der Waals surface area (Å²) in [6.45, 7) is 6.03. The molecule has 4 rings (SSSR count). The minimum atomic E-state index is -1.46. The highest BCUT2D eigenvalue weighted by Crippen LogP contribution is 2.43. The Morgan fingerprint density at radius 3 is 2.27 bits per heavy atom. The second-order valence-corrected chi connectivity index (χ2v) is 9.74. The largest absolute Gasteiger partial charge is 0.550 e. The number of aliphatic hydroxyl groups excluding tert-OH is 1. The minimum absolute atomic E-state index is 0.105. The number of rotatable bonds is 10. The molecule has 194 valence electrons. The Balaban J connectivity index is 1.94. The summed E-state index contributed by atoms with van der Waals surface area (Å²) in [6, 6.07) is 16.4. The van der Waals surface area contributed by atoms with Crippen molar-refractivity contribution < 1.29 is 24.2 Å². The molecule has 1 atom stereocenters. The van der Waals surface area contributed by atoms with Gasteiger partial charge in [-0.05, 0) is 36.5 Å². The van der Waals surface area contributed by atoms with E-state index >= 15 is 0 Å². The van der Waals surface area contributed by atoms with E-state index in [1.807, 2.05) is 24.3 Å². The third-order valence-electron chi connectivity index (χ3n) is 6.58. The van der Waals surface area contributed by atoms with Crippen LogP contribution in [0.2, 0.25) is 0 Å². The lowest BCUT2D eigenvalue weighted by Gasteiger charge is -2.27. The van der Waals surface area contributed by atoms with Crippen LogP contribution >= 0.6 is 0 Å². The van der Waals surface area contributed by atoms with Crippen molar-refractivity contribution in [1.82, 2.24) is 4.68 Å². The summed E-state index contributed by atoms with van der Waals surface area (Å²) in [6.07, 6.45) is 3.32. The van der Waals surface area contributed by atoms with Gasteiger partial charge in [-0.2, -0.15) is 0 Å². The fraction of sp³-hybridized carbons (Fsp3) is 0.333. The Morgan fingerprint density at radius 2 is 1.68 bits per heavy atom. The highest BCUT2D eigenvalue weighted by Gasteiger charge is 2.29. The number of benzene rings is 2. The zero-order valence-electron chi connectivity index (χ0n) is 21.2. The number of carbonyl (C=O) groups excluding carboxylic acids is 2. The molecule has 0 saturated carbocycles. The highest BCUT2D eigenvalue weighted by molar-refractivity contribution is 5.94. The lowest BCUT2D eigenvalue weighted by Crippen LogP contribution is -2.33. The Morgan fingerprint density at radius 1 is 1.03 bits per heavy atom. The lowest BCUT2D eigenvalue weighted by molar-refractivity contribution is -0.304. The fourth-order valence-corrected chi connectivity index (χ4v) is 5.03. The average Bonchev–Trinajstić information content (AvgIpc) is 3.49. The number of hydrogen-bond acceptors (Lipinski definition) is 5. The molecule has 1 aromatic heterocycles. The van der Waals surface area contributed by atoms with Gasteiger partial charge in [0.2, 0.25) is 0 Å². The van der Waals surface area contributed by atoms with Crippen LogP contribution in [0.3, 0.4) is 0 Å². The molecule has 1 N–H and O–H groups in total. The van der Waals surface area contributed by atoms with Crippen molar-refractivity contribution in [2.45, 2.75) is 51.6 Å². The summed E-state index contributed by atoms with van der Waals surface area (Å²) in [7, 11) is 0. The van der Waals surface area contributed by atoms with Gasteiger partial charge >= 0.3 is 0 Å². The molecule has 3 aromatic rings. The Kier molecular flexibility index (Phi) is 8.24. The minimum Gasteiger partial charge on any atom is -0.550 e. The summed E-state index contributed by atoms with van der Waals surface area (Å²) in [5, 5.41) is 23.6. The standard InChI is InChI=1S/C30H33FN2O4/c1-20(2)29-26(15-14-24(34)18-25(35)19-27(36)37)28(21-10-12-23(31)13-11-21)30(22-8-4-3-5-9-22)33(29)32-16-6-7-17-32/h3-5,8-15,20,24,34H,6-7,16-19H2,1-2H3,(H,36,37)/p-1/b15-14+. The molecule has 1 unspecified atom stereocenters. The lowest BCUT2D eigenvalue weighted by atomic mass is 9.94. The normalized spacial score (nSPS) is 14.6. The molecule has 2 heterocycles. The van der Waals surface area contributed by atoms with E-state index in [2.05, 4.69) is 35.7 Å². The predicted molar refractivity (Wildman–Crippen MR) is 141 cm³/mol. The average molecular weight is 504 g/mol. The van der Waals surface area contributed by atoms with Crippen molar-refractivity contribution in [3.05, 3.63) is 77.7 Å². The van der Waals surface area contributed by atoms with Crippen LogP contribution in [0, 0.1) is 5.82 Å². The van der Waals surface area contributed by atoms with Crippen LogP contribution in [0.15, 0.2) is 60.7 Å². The van der Waals surface area contributed by atoms with Gasteiger partial charge in [0.15, 0.2) is 0 Å². The highest BCUT2D eigenvalue weighted by atomic mass is 19.1. The maximum Gasteiger partial charge on any atom is 0.141 e. The first-order chi connectivity index (χ1) is 17.8. The van der Waals surface area contributed by atoms with Gasteiger partial charge in [-0.25, -0.2) is 4.39 Å². The van der Waals surface area contributed by atoms with Crippen molar-refractivity contribution >= 4 is 17.8 Å². The van der Waals surface area contributed by atoms with Crippen molar-refractivity contribution in [2.75, 3.05) is 18.1 Å². The Labute approximate surface area is 216 Å². The molecule has 0 amide bonds. The van der Waals surface area contributed by atoms with Crippen LogP contribution in [0.25, 0.3) is 28.5 Å². The zero-order valence-corrected chi connectivity index (χ0v) is 21.2. The molecule has 1 saturated heterocycles. The van der Waals surface area contributed by atoms with Gasteiger partial charge < -0.3 is 20.0 Å². The van der Waals surface area contributed by atoms with E-state index in [-0.39, 0.29) is 18.2 Å². The van der Waals surface area contributed by atoms with Crippen LogP contribution < -0.4 is 10.1 Å². The van der Waals surface area contributed by atoms with E-state index in [0.29, 0.717) is 0 Å². The van der Waals surface area contributed by atoms with Crippen LogP contribution in [0.5, 0.6) is 0 Å². The summed E-state index contributed by atoms with van der Waals surface area (Å²) in [5.74, 6) is -2.28. The third-order valence-corrected chi connectivity index (χ3v) is 6.58. The van der Waals surface area contributed by atoms with Gasteiger partial charge in [-0.15, -0.1) is 0 Å². The molecule has 0 aliphatic carbocycles. The van der Waals surface area contributed by atoms with E-state index in [4.69, 9.17) is 0 Å². The van der Waals surface area contributed by atoms with Crippen molar-refractivity contribution in [3.8, 4) is 22.4 Å². The summed E-state index contributed by atoms with van der Waals surface area (Å²) in [5.41, 5.74) is 5.66. The van der Waals surface area contributed by atoms with Crippen molar-refractivity contribution in [3.63, 3.8) is 0 Å². The van der Waals surface area contributed by atoms with Gasteiger partial charge in [0.1, 0.15) is 11.6 Å². The van der Waals surface area contributed by atoms with E-state index in [0.717, 1.165) is 59.6 Å². The summed E-state index contributed by atoms with van der Waals surface area (Å²) in [4.78, 5) is 22.7. The number of carboxylic acids is 1. The van der Waals surface area contributed by atoms with E-state index in [1.54, 1.807) is 12.1 Å². The second kappa shape index (κ2) is 11.6. The first kappa shape index (κ1) is 26.4. The SMILES string of the molecule is CC(C)c1c(/C=C/C(O)CC(=O)CC(=O)[O-])c(-c2ccc(F)cc2)c(-c2ccccc2)n1N1CCCC1. The fourth-order valence-electron chi connectivity index (χ4n) is 5.03. The Hall–Kier alpha value is -3.71. The maximum atomic E-state index is 13.9. The number of aromatic nitrogens is 1. The molecule has 0 spiro atoms. The van der Waals surface area contributed by atoms with Gasteiger partial charge in [-0.3, -0.25) is 9.47 Å². The molecular formula is C30H32FN2O4-. The van der Waals surface area contributed by atoms with Gasteiger partial charge in [-0.1, -0.05) is 68.5 Å².